The van der Waals surface area contributed by atoms with Crippen LogP contribution in [0.3, 0.4) is 0 Å². The van der Waals surface area contributed by atoms with Crippen LogP contribution in [-0.2, 0) is 4.74 Å². The minimum Gasteiger partial charge on any atom is -0.496 e. The van der Waals surface area contributed by atoms with Crippen molar-refractivity contribution in [1.29, 1.82) is 0 Å². The summed E-state index contributed by atoms with van der Waals surface area (Å²) in [5, 5.41) is 3.55. The summed E-state index contributed by atoms with van der Waals surface area (Å²) >= 11 is 0. The predicted molar refractivity (Wildman–Crippen MR) is 73.2 cm³/mol. The van der Waals surface area contributed by atoms with Crippen molar-refractivity contribution >= 4 is 0 Å². The van der Waals surface area contributed by atoms with Gasteiger partial charge in [0.15, 0.2) is 0 Å². The highest BCUT2D eigenvalue weighted by Crippen LogP contribution is 2.30. The molecule has 0 saturated carbocycles. The van der Waals surface area contributed by atoms with Crippen LogP contribution in [0.5, 0.6) is 5.75 Å². The highest BCUT2D eigenvalue weighted by atomic mass is 16.5. The predicted octanol–water partition coefficient (Wildman–Crippen LogP) is 2.87. The lowest BCUT2D eigenvalue weighted by atomic mass is 9.97. The van der Waals surface area contributed by atoms with Crippen molar-refractivity contribution in [3.63, 3.8) is 0 Å². The Morgan fingerprint density at radius 3 is 2.72 bits per heavy atom. The highest BCUT2D eigenvalue weighted by Gasteiger charge is 2.23. The number of ether oxygens (including phenoxy) is 2. The lowest BCUT2D eigenvalue weighted by Gasteiger charge is -2.30. The summed E-state index contributed by atoms with van der Waals surface area (Å²) in [4.78, 5) is 0. The first-order valence-electron chi connectivity index (χ1n) is 6.63. The second-order valence-electron chi connectivity index (χ2n) is 5.31. The molecule has 1 aliphatic heterocycles. The minimum absolute atomic E-state index is 0.227. The fourth-order valence-corrected chi connectivity index (χ4v) is 2.36. The number of methoxy groups -OCH3 is 1. The fraction of sp³-hybridized carbons (Fsp3) is 0.600. The number of nitrogens with one attached hydrogen (secondary N) is 1. The minimum atomic E-state index is 0.227. The molecule has 1 N–H and O–H groups in total. The van der Waals surface area contributed by atoms with E-state index >= 15 is 0 Å². The van der Waals surface area contributed by atoms with E-state index in [1.165, 1.54) is 11.1 Å². The van der Waals surface area contributed by atoms with Gasteiger partial charge in [0, 0.05) is 11.6 Å². The van der Waals surface area contributed by atoms with Crippen LogP contribution in [0.25, 0.3) is 0 Å². The molecule has 0 aromatic heterocycles. The molecule has 3 heteroatoms. The summed E-state index contributed by atoms with van der Waals surface area (Å²) in [5.74, 6) is 1.47. The third-order valence-corrected chi connectivity index (χ3v) is 3.44. The standard InChI is InChI=1S/C15H23NO2/c1-10(2)12-5-6-13(15(7-12)17-4)14-9-18-8-11(3)16-14/h5-7,10-11,14,16H,8-9H2,1-4H3. The van der Waals surface area contributed by atoms with Crippen LogP contribution in [0.4, 0.5) is 0 Å². The number of hydrogen-bond donors (Lipinski definition) is 1. The maximum atomic E-state index is 5.61. The maximum absolute atomic E-state index is 5.61. The molecule has 2 unspecified atom stereocenters. The average Bonchev–Trinajstić information content (AvgIpc) is 2.37. The molecule has 0 spiro atoms. The van der Waals surface area contributed by atoms with Crippen LogP contribution in [0, 0.1) is 0 Å². The molecule has 0 radical (unpaired) electrons. The lowest BCUT2D eigenvalue weighted by Crippen LogP contribution is -2.41. The Balaban J connectivity index is 2.26. The molecule has 0 amide bonds. The van der Waals surface area contributed by atoms with Crippen molar-refractivity contribution in [2.75, 3.05) is 20.3 Å². The first kappa shape index (κ1) is 13.4. The molecule has 1 aromatic carbocycles. The van der Waals surface area contributed by atoms with E-state index in [1.54, 1.807) is 7.11 Å². The molecule has 0 bridgehead atoms. The van der Waals surface area contributed by atoms with Crippen LogP contribution >= 0.6 is 0 Å². The molecule has 3 nitrogen and oxygen atoms in total. The van der Waals surface area contributed by atoms with E-state index in [2.05, 4.69) is 44.3 Å². The van der Waals surface area contributed by atoms with Gasteiger partial charge in [-0.3, -0.25) is 0 Å². The van der Waals surface area contributed by atoms with E-state index in [1.807, 2.05) is 0 Å². The molecule has 1 aliphatic rings. The van der Waals surface area contributed by atoms with Crippen LogP contribution in [0.1, 0.15) is 43.9 Å². The van der Waals surface area contributed by atoms with Crippen LogP contribution in [0.15, 0.2) is 18.2 Å². The molecule has 2 rings (SSSR count). The van der Waals surface area contributed by atoms with Gasteiger partial charge in [0.1, 0.15) is 5.75 Å². The number of hydrogen-bond acceptors (Lipinski definition) is 3. The maximum Gasteiger partial charge on any atom is 0.124 e. The van der Waals surface area contributed by atoms with E-state index in [4.69, 9.17) is 9.47 Å². The highest BCUT2D eigenvalue weighted by molar-refractivity contribution is 5.41. The van der Waals surface area contributed by atoms with Gasteiger partial charge in [-0.25, -0.2) is 0 Å². The fourth-order valence-electron chi connectivity index (χ4n) is 2.36. The SMILES string of the molecule is COc1cc(C(C)C)ccc1C1COCC(C)N1. The van der Waals surface area contributed by atoms with Gasteiger partial charge in [-0.15, -0.1) is 0 Å². The van der Waals surface area contributed by atoms with Crippen LogP contribution in [0.2, 0.25) is 0 Å². The second-order valence-corrected chi connectivity index (χ2v) is 5.31. The third-order valence-electron chi connectivity index (χ3n) is 3.44. The van der Waals surface area contributed by atoms with Crippen molar-refractivity contribution < 1.29 is 9.47 Å². The number of morpholine rings is 1. The normalized spacial score (nSPS) is 24.3. The third kappa shape index (κ3) is 2.85. The first-order valence-corrected chi connectivity index (χ1v) is 6.63. The Labute approximate surface area is 109 Å². The summed E-state index contributed by atoms with van der Waals surface area (Å²) in [5.41, 5.74) is 2.49. The molecule has 2 atom stereocenters. The van der Waals surface area contributed by atoms with Gasteiger partial charge in [0.05, 0.1) is 26.4 Å². The van der Waals surface area contributed by atoms with E-state index in [0.29, 0.717) is 18.6 Å². The van der Waals surface area contributed by atoms with Crippen molar-refractivity contribution in [2.24, 2.45) is 0 Å². The quantitative estimate of drug-likeness (QED) is 0.893. The van der Waals surface area contributed by atoms with Gasteiger partial charge in [-0.05, 0) is 24.5 Å². The molecule has 1 saturated heterocycles. The van der Waals surface area contributed by atoms with Gasteiger partial charge >= 0.3 is 0 Å². The summed E-state index contributed by atoms with van der Waals surface area (Å²) in [6.45, 7) is 8.02. The largest absolute Gasteiger partial charge is 0.496 e. The van der Waals surface area contributed by atoms with Crippen molar-refractivity contribution in [3.8, 4) is 5.75 Å². The zero-order valence-corrected chi connectivity index (χ0v) is 11.7. The lowest BCUT2D eigenvalue weighted by molar-refractivity contribution is 0.0497. The molecule has 1 aromatic rings. The van der Waals surface area contributed by atoms with Crippen molar-refractivity contribution in [1.82, 2.24) is 5.32 Å². The molecule has 18 heavy (non-hydrogen) atoms. The second kappa shape index (κ2) is 5.72. The molecular formula is C15H23NO2. The van der Waals surface area contributed by atoms with Gasteiger partial charge < -0.3 is 14.8 Å². The molecule has 0 aliphatic carbocycles. The van der Waals surface area contributed by atoms with Crippen LogP contribution in [-0.4, -0.2) is 26.4 Å². The topological polar surface area (TPSA) is 30.5 Å². The zero-order chi connectivity index (χ0) is 13.1. The Morgan fingerprint density at radius 1 is 1.33 bits per heavy atom. The van der Waals surface area contributed by atoms with Gasteiger partial charge in [0.2, 0.25) is 0 Å². The van der Waals surface area contributed by atoms with E-state index < -0.39 is 0 Å². The monoisotopic (exact) mass is 249 g/mol. The average molecular weight is 249 g/mol. The van der Waals surface area contributed by atoms with Gasteiger partial charge in [-0.1, -0.05) is 26.0 Å². The molecule has 100 valence electrons. The Kier molecular flexibility index (Phi) is 4.25. The Bertz CT molecular complexity index is 403. The zero-order valence-electron chi connectivity index (χ0n) is 11.7. The molecule has 1 heterocycles. The van der Waals surface area contributed by atoms with E-state index in [9.17, 15) is 0 Å². The molecule has 1 fully saturated rings. The van der Waals surface area contributed by atoms with Gasteiger partial charge in [0.25, 0.3) is 0 Å². The van der Waals surface area contributed by atoms with Crippen molar-refractivity contribution in [2.45, 2.75) is 38.8 Å². The van der Waals surface area contributed by atoms with E-state index in [-0.39, 0.29) is 6.04 Å². The Morgan fingerprint density at radius 2 is 2.11 bits per heavy atom. The summed E-state index contributed by atoms with van der Waals surface area (Å²) in [6, 6.07) is 7.10. The first-order chi connectivity index (χ1) is 8.61. The molecular weight excluding hydrogens is 226 g/mol. The summed E-state index contributed by atoms with van der Waals surface area (Å²) < 4.78 is 11.1. The Hall–Kier alpha value is -1.06. The number of rotatable bonds is 3. The number of benzene rings is 1. The van der Waals surface area contributed by atoms with E-state index in [0.717, 1.165) is 12.4 Å². The van der Waals surface area contributed by atoms with Gasteiger partial charge in [-0.2, -0.15) is 0 Å². The van der Waals surface area contributed by atoms with Crippen LogP contribution < -0.4 is 10.1 Å². The van der Waals surface area contributed by atoms with Crippen molar-refractivity contribution in [3.05, 3.63) is 29.3 Å². The smallest absolute Gasteiger partial charge is 0.124 e. The summed E-state index contributed by atoms with van der Waals surface area (Å²) in [6.07, 6.45) is 0. The summed E-state index contributed by atoms with van der Waals surface area (Å²) in [7, 11) is 1.73.